The number of nitriles is 1. The summed E-state index contributed by atoms with van der Waals surface area (Å²) in [6.07, 6.45) is 7.45. The molecule has 0 spiro atoms. The number of thiazole rings is 1. The Bertz CT molecular complexity index is 1110. The van der Waals surface area contributed by atoms with Gasteiger partial charge in [0, 0.05) is 23.6 Å². The smallest absolute Gasteiger partial charge is 0.283 e. The van der Waals surface area contributed by atoms with Crippen LogP contribution in [0, 0.1) is 11.5 Å². The van der Waals surface area contributed by atoms with Crippen LogP contribution in [0.5, 0.6) is 0 Å². The fraction of sp³-hybridized carbons (Fsp3) is 0.238. The van der Waals surface area contributed by atoms with E-state index >= 15 is 0 Å². The summed E-state index contributed by atoms with van der Waals surface area (Å²) in [6.45, 7) is 2.61. The van der Waals surface area contributed by atoms with Gasteiger partial charge in [-0.25, -0.2) is 4.98 Å². The average Bonchev–Trinajstić information content (AvgIpc) is 3.07. The second kappa shape index (κ2) is 6.87. The van der Waals surface area contributed by atoms with Gasteiger partial charge in [0.15, 0.2) is 11.2 Å². The molecule has 3 aromatic rings. The second-order valence-corrected chi connectivity index (χ2v) is 8.24. The Morgan fingerprint density at radius 1 is 1.28 bits per heavy atom. The van der Waals surface area contributed by atoms with Crippen molar-refractivity contribution in [2.24, 2.45) is 0 Å². The van der Waals surface area contributed by atoms with E-state index in [-0.39, 0.29) is 24.0 Å². The van der Waals surface area contributed by atoms with Crippen molar-refractivity contribution in [1.82, 2.24) is 19.8 Å². The first kappa shape index (κ1) is 17.6. The first-order valence-corrected chi connectivity index (χ1v) is 10.2. The molecule has 29 heavy (non-hydrogen) atoms. The predicted molar refractivity (Wildman–Crippen MR) is 111 cm³/mol. The summed E-state index contributed by atoms with van der Waals surface area (Å²) in [7, 11) is 0. The Morgan fingerprint density at radius 2 is 2.10 bits per heavy atom. The van der Waals surface area contributed by atoms with Crippen molar-refractivity contribution in [3.63, 3.8) is 0 Å². The molecule has 3 atom stereocenters. The van der Waals surface area contributed by atoms with Gasteiger partial charge < -0.3 is 15.1 Å². The van der Waals surface area contributed by atoms with E-state index in [2.05, 4.69) is 21.5 Å². The number of para-hydroxylation sites is 1. The van der Waals surface area contributed by atoms with Gasteiger partial charge in [-0.1, -0.05) is 18.2 Å². The van der Waals surface area contributed by atoms with Crippen LogP contribution in [0.1, 0.15) is 16.7 Å². The molecule has 0 bridgehead atoms. The summed E-state index contributed by atoms with van der Waals surface area (Å²) in [5.41, 5.74) is 2.79. The maximum atomic E-state index is 12.9. The van der Waals surface area contributed by atoms with E-state index in [9.17, 15) is 4.79 Å². The number of likely N-dealkylation sites (tertiary alicyclic amines) is 1. The number of hydrogen-bond donors (Lipinski definition) is 1. The highest BCUT2D eigenvalue weighted by Crippen LogP contribution is 2.42. The van der Waals surface area contributed by atoms with E-state index in [0.717, 1.165) is 21.8 Å². The summed E-state index contributed by atoms with van der Waals surface area (Å²) in [6, 6.07) is 12.1. The molecule has 2 aliphatic heterocycles. The van der Waals surface area contributed by atoms with Crippen LogP contribution in [0.25, 0.3) is 10.4 Å². The quantitative estimate of drug-likeness (QED) is 0.532. The Balaban J connectivity index is 1.37. The molecule has 2 fully saturated rings. The van der Waals surface area contributed by atoms with Gasteiger partial charge >= 0.3 is 0 Å². The van der Waals surface area contributed by atoms with E-state index in [1.807, 2.05) is 48.2 Å². The highest BCUT2D eigenvalue weighted by Gasteiger charge is 2.61. The average molecular weight is 402 g/mol. The van der Waals surface area contributed by atoms with E-state index in [1.165, 1.54) is 11.3 Å². The third kappa shape index (κ3) is 3.00. The highest BCUT2D eigenvalue weighted by atomic mass is 32.1. The number of nitrogens with zero attached hydrogens (tertiary/aromatic N) is 5. The minimum absolute atomic E-state index is 0.0488. The number of benzene rings is 1. The van der Waals surface area contributed by atoms with Crippen molar-refractivity contribution in [1.29, 1.82) is 5.26 Å². The maximum Gasteiger partial charge on any atom is 0.283 e. The first-order chi connectivity index (χ1) is 14.2. The number of aromatic nitrogens is 2. The van der Waals surface area contributed by atoms with Crippen LogP contribution in [-0.2, 0) is 0 Å². The molecule has 0 radical (unpaired) electrons. The highest BCUT2D eigenvalue weighted by molar-refractivity contribution is 7.17. The number of rotatable bonds is 4. The summed E-state index contributed by atoms with van der Waals surface area (Å²) in [4.78, 5) is 26.1. The van der Waals surface area contributed by atoms with Gasteiger partial charge in [0.25, 0.3) is 5.91 Å². The number of pyridine rings is 1. The molecule has 5 rings (SSSR count). The van der Waals surface area contributed by atoms with Crippen molar-refractivity contribution in [2.45, 2.75) is 25.0 Å². The molecule has 2 aliphatic rings. The molecule has 1 amide bonds. The Labute approximate surface area is 172 Å². The normalized spacial score (nSPS) is 22.1. The van der Waals surface area contributed by atoms with Crippen LogP contribution >= 0.6 is 11.3 Å². The molecule has 1 N–H and O–H groups in total. The van der Waals surface area contributed by atoms with Gasteiger partial charge in [-0.2, -0.15) is 5.26 Å². The number of piperazine rings is 1. The Hall–Kier alpha value is -3.44. The first-order valence-electron chi connectivity index (χ1n) is 9.38. The molecule has 0 aliphatic carbocycles. The van der Waals surface area contributed by atoms with E-state index < -0.39 is 0 Å². The van der Waals surface area contributed by atoms with Crippen molar-refractivity contribution >= 4 is 28.6 Å². The SMILES string of the molecule is CC1[C@H]2C(CN1C#N)N2C(=O)c1ncc(-c2ccncc2Nc2ccccc2)s1. The lowest BCUT2D eigenvalue weighted by atomic mass is 10.2. The van der Waals surface area contributed by atoms with Crippen LogP contribution in [0.4, 0.5) is 11.4 Å². The van der Waals surface area contributed by atoms with Crippen molar-refractivity contribution < 1.29 is 4.79 Å². The third-order valence-corrected chi connectivity index (χ3v) is 6.56. The monoisotopic (exact) mass is 402 g/mol. The molecule has 2 unspecified atom stereocenters. The van der Waals surface area contributed by atoms with Gasteiger partial charge in [0.1, 0.15) is 0 Å². The molecule has 0 saturated carbocycles. The lowest BCUT2D eigenvalue weighted by molar-refractivity contribution is 0.0832. The van der Waals surface area contributed by atoms with Gasteiger partial charge in [-0.3, -0.25) is 9.78 Å². The van der Waals surface area contributed by atoms with E-state index in [0.29, 0.717) is 11.6 Å². The van der Waals surface area contributed by atoms with Crippen LogP contribution in [-0.4, -0.2) is 50.3 Å². The number of hydrogen-bond acceptors (Lipinski definition) is 7. The Morgan fingerprint density at radius 3 is 2.83 bits per heavy atom. The number of carbonyl (C=O) groups is 1. The lowest BCUT2D eigenvalue weighted by Crippen LogP contribution is -2.35. The molecule has 2 aromatic heterocycles. The topological polar surface area (TPSA) is 84.9 Å². The van der Waals surface area contributed by atoms with Crippen LogP contribution in [0.15, 0.2) is 55.0 Å². The molecular weight excluding hydrogens is 384 g/mol. The van der Waals surface area contributed by atoms with Gasteiger partial charge in [-0.15, -0.1) is 11.3 Å². The Kier molecular flexibility index (Phi) is 4.18. The summed E-state index contributed by atoms with van der Waals surface area (Å²) < 4.78 is 0. The summed E-state index contributed by atoms with van der Waals surface area (Å²) in [5, 5.41) is 13.0. The molecule has 4 heterocycles. The van der Waals surface area contributed by atoms with Crippen LogP contribution in [0.2, 0.25) is 0 Å². The van der Waals surface area contributed by atoms with Gasteiger partial charge in [0.2, 0.25) is 0 Å². The van der Waals surface area contributed by atoms with Crippen LogP contribution in [0.3, 0.4) is 0 Å². The molecule has 8 heteroatoms. The maximum absolute atomic E-state index is 12.9. The molecule has 7 nitrogen and oxygen atoms in total. The fourth-order valence-electron chi connectivity index (χ4n) is 4.01. The zero-order valence-corrected chi connectivity index (χ0v) is 16.5. The van der Waals surface area contributed by atoms with Gasteiger partial charge in [0.05, 0.1) is 41.4 Å². The molecule has 2 saturated heterocycles. The van der Waals surface area contributed by atoms with Crippen molar-refractivity contribution in [3.8, 4) is 16.6 Å². The molecule has 144 valence electrons. The van der Waals surface area contributed by atoms with E-state index in [4.69, 9.17) is 5.26 Å². The summed E-state index contributed by atoms with van der Waals surface area (Å²) >= 11 is 1.38. The minimum Gasteiger partial charge on any atom is -0.354 e. The zero-order valence-electron chi connectivity index (χ0n) is 15.7. The third-order valence-electron chi connectivity index (χ3n) is 5.54. The van der Waals surface area contributed by atoms with Gasteiger partial charge in [-0.05, 0) is 25.1 Å². The second-order valence-electron chi connectivity index (χ2n) is 7.21. The predicted octanol–water partition coefficient (Wildman–Crippen LogP) is 3.33. The molecular formula is C21H18N6OS. The lowest BCUT2D eigenvalue weighted by Gasteiger charge is -2.20. The largest absolute Gasteiger partial charge is 0.354 e. The molecule has 1 aromatic carbocycles. The van der Waals surface area contributed by atoms with Crippen LogP contribution < -0.4 is 5.32 Å². The minimum atomic E-state index is -0.0488. The fourth-order valence-corrected chi connectivity index (χ4v) is 4.91. The number of fused-ring (bicyclic) bond motifs is 1. The number of anilines is 2. The standard InChI is InChI=1S/C21H18N6OS/c1-13-19-17(11-26(13)12-22)27(19)21(28)20-24-10-18(29-20)15-7-8-23-9-16(15)25-14-5-3-2-4-6-14/h2-10,13,17,19,25H,11H2,1H3/t13?,17?,19-,27?/m0/s1. The van der Waals surface area contributed by atoms with Crippen molar-refractivity contribution in [3.05, 3.63) is 60.0 Å². The zero-order chi connectivity index (χ0) is 20.0. The van der Waals surface area contributed by atoms with E-state index in [1.54, 1.807) is 23.5 Å². The number of carbonyl (C=O) groups excluding carboxylic acids is 1. The number of amides is 1. The summed E-state index contributed by atoms with van der Waals surface area (Å²) in [5.74, 6) is -0.0488. The van der Waals surface area contributed by atoms with Crippen molar-refractivity contribution in [2.75, 3.05) is 11.9 Å². The number of nitrogens with one attached hydrogen (secondary N) is 1.